The third-order valence-electron chi connectivity index (χ3n) is 3.38. The first-order valence-electron chi connectivity index (χ1n) is 6.42. The molecule has 1 heterocycles. The lowest BCUT2D eigenvalue weighted by Gasteiger charge is -2.21. The van der Waals surface area contributed by atoms with Gasteiger partial charge in [0.15, 0.2) is 0 Å². The predicted octanol–water partition coefficient (Wildman–Crippen LogP) is 1.64. The fraction of sp³-hybridized carbons (Fsp3) is 0.333. The van der Waals surface area contributed by atoms with E-state index >= 15 is 0 Å². The fourth-order valence-corrected chi connectivity index (χ4v) is 1.94. The minimum Gasteiger partial charge on any atom is -0.465 e. The van der Waals surface area contributed by atoms with E-state index in [0.717, 1.165) is 24.2 Å². The highest BCUT2D eigenvalue weighted by atomic mass is 16.5. The number of hydrogen-bond acceptors (Lipinski definition) is 4. The van der Waals surface area contributed by atoms with Crippen LogP contribution in [0.2, 0.25) is 0 Å². The van der Waals surface area contributed by atoms with Crippen LogP contribution in [-0.4, -0.2) is 32.1 Å². The number of esters is 1. The van der Waals surface area contributed by atoms with Gasteiger partial charge in [0.25, 0.3) is 5.91 Å². The van der Waals surface area contributed by atoms with Gasteiger partial charge in [0.05, 0.1) is 18.4 Å². The normalized spacial score (nSPS) is 13.4. The second-order valence-electron chi connectivity index (χ2n) is 4.83. The van der Waals surface area contributed by atoms with E-state index in [1.54, 1.807) is 19.1 Å². The van der Waals surface area contributed by atoms with Crippen molar-refractivity contribution in [3.8, 4) is 0 Å². The lowest BCUT2D eigenvalue weighted by Crippen LogP contribution is -2.36. The fourth-order valence-electron chi connectivity index (χ4n) is 1.94. The van der Waals surface area contributed by atoms with Crippen LogP contribution in [0.1, 0.15) is 22.8 Å². The molecule has 0 bridgehead atoms. The van der Waals surface area contributed by atoms with Crippen LogP contribution in [0.25, 0.3) is 0 Å². The van der Waals surface area contributed by atoms with Crippen LogP contribution in [0.5, 0.6) is 0 Å². The smallest absolute Gasteiger partial charge is 0.339 e. The molecule has 0 unspecified atom stereocenters. The van der Waals surface area contributed by atoms with Gasteiger partial charge in [0.2, 0.25) is 0 Å². The largest absolute Gasteiger partial charge is 0.465 e. The van der Waals surface area contributed by atoms with Gasteiger partial charge in [-0.3, -0.25) is 4.79 Å². The Bertz CT molecular complexity index is 585. The van der Waals surface area contributed by atoms with Crippen molar-refractivity contribution in [3.63, 3.8) is 0 Å². The minimum atomic E-state index is -0.459. The zero-order valence-corrected chi connectivity index (χ0v) is 11.9. The Morgan fingerprint density at radius 2 is 2.00 bits per heavy atom. The van der Waals surface area contributed by atoms with Crippen LogP contribution in [0.15, 0.2) is 29.3 Å². The van der Waals surface area contributed by atoms with Crippen molar-refractivity contribution < 1.29 is 14.3 Å². The first-order valence-corrected chi connectivity index (χ1v) is 6.42. The van der Waals surface area contributed by atoms with Crippen LogP contribution in [-0.2, 0) is 9.53 Å². The van der Waals surface area contributed by atoms with Gasteiger partial charge in [-0.05, 0) is 31.6 Å². The molecule has 1 saturated heterocycles. The highest BCUT2D eigenvalue weighted by Crippen LogP contribution is 2.20. The summed E-state index contributed by atoms with van der Waals surface area (Å²) in [7, 11) is 1.32. The maximum atomic E-state index is 12.1. The van der Waals surface area contributed by atoms with Crippen molar-refractivity contribution >= 4 is 17.6 Å². The van der Waals surface area contributed by atoms with Crippen LogP contribution in [0, 0.1) is 6.92 Å². The number of carbonyl (C=O) groups is 2. The topological polar surface area (TPSA) is 67.4 Å². The molecular weight excluding hydrogens is 256 g/mol. The molecule has 1 aliphatic rings. The van der Waals surface area contributed by atoms with E-state index in [0.29, 0.717) is 16.8 Å². The van der Waals surface area contributed by atoms with Gasteiger partial charge in [-0.15, -0.1) is 0 Å². The quantitative estimate of drug-likeness (QED) is 0.649. The Morgan fingerprint density at radius 1 is 1.30 bits per heavy atom. The number of carbonyl (C=O) groups excluding carboxylic acids is 2. The molecular formula is C15H18N2O3. The lowest BCUT2D eigenvalue weighted by atomic mass is 10.0. The summed E-state index contributed by atoms with van der Waals surface area (Å²) in [5, 5.41) is 5.87. The van der Waals surface area contributed by atoms with Crippen LogP contribution >= 0.6 is 0 Å². The van der Waals surface area contributed by atoms with E-state index < -0.39 is 5.97 Å². The van der Waals surface area contributed by atoms with Gasteiger partial charge in [0, 0.05) is 18.7 Å². The molecule has 1 aromatic rings. The number of nitrogens with one attached hydrogen (secondary N) is 2. The van der Waals surface area contributed by atoms with Crippen LogP contribution in [0.3, 0.4) is 0 Å². The minimum absolute atomic E-state index is 0.185. The summed E-state index contributed by atoms with van der Waals surface area (Å²) in [5.74, 6) is -0.643. The molecule has 5 heteroatoms. The number of rotatable bonds is 3. The SMILES string of the molecule is COC(=O)c1cc(C)ccc1NC(=O)C(C)=C1CNC1. The Labute approximate surface area is 118 Å². The Balaban J connectivity index is 2.25. The summed E-state index contributed by atoms with van der Waals surface area (Å²) in [4.78, 5) is 23.9. The summed E-state index contributed by atoms with van der Waals surface area (Å²) in [6.07, 6.45) is 0. The number of methoxy groups -OCH3 is 1. The molecule has 1 amide bonds. The molecule has 2 N–H and O–H groups in total. The average molecular weight is 274 g/mol. The van der Waals surface area contributed by atoms with Crippen molar-refractivity contribution in [3.05, 3.63) is 40.5 Å². The molecule has 1 fully saturated rings. The molecule has 20 heavy (non-hydrogen) atoms. The molecule has 0 aliphatic carbocycles. The third-order valence-corrected chi connectivity index (χ3v) is 3.38. The Morgan fingerprint density at radius 3 is 2.55 bits per heavy atom. The average Bonchev–Trinajstić information content (AvgIpc) is 2.37. The van der Waals surface area contributed by atoms with E-state index in [4.69, 9.17) is 4.74 Å². The molecule has 2 rings (SSSR count). The zero-order valence-electron chi connectivity index (χ0n) is 11.9. The molecule has 0 saturated carbocycles. The predicted molar refractivity (Wildman–Crippen MR) is 76.7 cm³/mol. The molecule has 1 aliphatic heterocycles. The maximum Gasteiger partial charge on any atom is 0.339 e. The maximum absolute atomic E-state index is 12.1. The molecule has 106 valence electrons. The summed E-state index contributed by atoms with van der Waals surface area (Å²) < 4.78 is 4.74. The summed E-state index contributed by atoms with van der Waals surface area (Å²) in [6, 6.07) is 5.26. The van der Waals surface area contributed by atoms with Crippen LogP contribution < -0.4 is 10.6 Å². The highest BCUT2D eigenvalue weighted by molar-refractivity contribution is 6.07. The first-order chi connectivity index (χ1) is 9.52. The molecule has 0 atom stereocenters. The second kappa shape index (κ2) is 5.88. The molecule has 0 radical (unpaired) electrons. The van der Waals surface area contributed by atoms with Crippen molar-refractivity contribution in [2.45, 2.75) is 13.8 Å². The zero-order chi connectivity index (χ0) is 14.7. The summed E-state index contributed by atoms with van der Waals surface area (Å²) >= 11 is 0. The van der Waals surface area contributed by atoms with Gasteiger partial charge in [-0.2, -0.15) is 0 Å². The number of amides is 1. The number of benzene rings is 1. The van der Waals surface area contributed by atoms with Crippen molar-refractivity contribution in [2.24, 2.45) is 0 Å². The number of anilines is 1. The van der Waals surface area contributed by atoms with Crippen molar-refractivity contribution in [1.82, 2.24) is 5.32 Å². The van der Waals surface area contributed by atoms with Gasteiger partial charge < -0.3 is 15.4 Å². The summed E-state index contributed by atoms with van der Waals surface area (Å²) in [5.41, 5.74) is 3.56. The van der Waals surface area contributed by atoms with E-state index in [2.05, 4.69) is 10.6 Å². The van der Waals surface area contributed by atoms with Gasteiger partial charge >= 0.3 is 5.97 Å². The number of ether oxygens (including phenoxy) is 1. The number of hydrogen-bond donors (Lipinski definition) is 2. The van der Waals surface area contributed by atoms with Gasteiger partial charge in [-0.25, -0.2) is 4.79 Å². The summed E-state index contributed by atoms with van der Waals surface area (Å²) in [6.45, 7) is 5.16. The molecule has 0 aromatic heterocycles. The monoisotopic (exact) mass is 274 g/mol. The molecule has 0 spiro atoms. The van der Waals surface area contributed by atoms with Crippen molar-refractivity contribution in [2.75, 3.05) is 25.5 Å². The van der Waals surface area contributed by atoms with Crippen molar-refractivity contribution in [1.29, 1.82) is 0 Å². The second-order valence-corrected chi connectivity index (χ2v) is 4.83. The van der Waals surface area contributed by atoms with E-state index in [-0.39, 0.29) is 5.91 Å². The van der Waals surface area contributed by atoms with E-state index in [1.807, 2.05) is 13.0 Å². The van der Waals surface area contributed by atoms with E-state index in [1.165, 1.54) is 7.11 Å². The molecule has 5 nitrogen and oxygen atoms in total. The van der Waals surface area contributed by atoms with Gasteiger partial charge in [0.1, 0.15) is 0 Å². The lowest BCUT2D eigenvalue weighted by molar-refractivity contribution is -0.112. The Hall–Kier alpha value is -2.14. The highest BCUT2D eigenvalue weighted by Gasteiger charge is 2.18. The van der Waals surface area contributed by atoms with Crippen LogP contribution in [0.4, 0.5) is 5.69 Å². The standard InChI is InChI=1S/C15H18N2O3/c1-9-4-5-13(12(6-9)15(19)20-3)17-14(18)10(2)11-7-16-8-11/h4-6,16H,7-8H2,1-3H3,(H,17,18). The first kappa shape index (κ1) is 14.3. The van der Waals surface area contributed by atoms with Gasteiger partial charge in [-0.1, -0.05) is 11.6 Å². The molecule has 1 aromatic carbocycles. The Kier molecular flexibility index (Phi) is 4.20. The number of aryl methyl sites for hydroxylation is 1. The van der Waals surface area contributed by atoms with E-state index in [9.17, 15) is 9.59 Å². The third kappa shape index (κ3) is 2.88.